The number of hydrogen-bond acceptors (Lipinski definition) is 4. The van der Waals surface area contributed by atoms with Crippen LogP contribution in [0.2, 0.25) is 0 Å². The minimum Gasteiger partial charge on any atom is -0.371 e. The molecular formula is C14H23FN2O2S. The summed E-state index contributed by atoms with van der Waals surface area (Å²) in [5.41, 5.74) is 6.41. The molecule has 0 fully saturated rings. The molecule has 4 nitrogen and oxygen atoms in total. The first-order valence-electron chi connectivity index (χ1n) is 6.89. The van der Waals surface area contributed by atoms with E-state index in [1.54, 1.807) is 19.1 Å². The first-order valence-corrected chi connectivity index (χ1v) is 8.71. The molecule has 0 spiro atoms. The van der Waals surface area contributed by atoms with Gasteiger partial charge in [0, 0.05) is 24.5 Å². The Labute approximate surface area is 120 Å². The van der Waals surface area contributed by atoms with Gasteiger partial charge in [-0.05, 0) is 43.7 Å². The van der Waals surface area contributed by atoms with Gasteiger partial charge in [0.25, 0.3) is 0 Å². The highest BCUT2D eigenvalue weighted by molar-refractivity contribution is 7.91. The Hall–Kier alpha value is -1.14. The molecule has 0 aliphatic rings. The van der Waals surface area contributed by atoms with Crippen molar-refractivity contribution in [2.24, 2.45) is 5.73 Å². The second-order valence-electron chi connectivity index (χ2n) is 4.70. The molecule has 0 aliphatic heterocycles. The van der Waals surface area contributed by atoms with Gasteiger partial charge in [-0.2, -0.15) is 0 Å². The maximum absolute atomic E-state index is 12.9. The van der Waals surface area contributed by atoms with Gasteiger partial charge in [0.2, 0.25) is 0 Å². The average molecular weight is 302 g/mol. The standard InChI is InChI=1S/C14H23FN2O2S/c1-2-20(18,19)12-4-11-17(10-3-9-16)14-7-5-13(15)6-8-14/h5-8H,2-4,9-12,16H2,1H3. The zero-order chi connectivity index (χ0) is 15.0. The highest BCUT2D eigenvalue weighted by Gasteiger charge is 2.10. The van der Waals surface area contributed by atoms with Gasteiger partial charge in [-0.15, -0.1) is 0 Å². The first-order chi connectivity index (χ1) is 9.48. The van der Waals surface area contributed by atoms with E-state index in [4.69, 9.17) is 5.73 Å². The lowest BCUT2D eigenvalue weighted by Crippen LogP contribution is -2.28. The van der Waals surface area contributed by atoms with E-state index < -0.39 is 9.84 Å². The maximum Gasteiger partial charge on any atom is 0.150 e. The molecule has 2 N–H and O–H groups in total. The maximum atomic E-state index is 12.9. The highest BCUT2D eigenvalue weighted by atomic mass is 32.2. The molecule has 0 unspecified atom stereocenters. The van der Waals surface area contributed by atoms with E-state index in [0.717, 1.165) is 18.7 Å². The number of benzene rings is 1. The Balaban J connectivity index is 2.62. The van der Waals surface area contributed by atoms with Gasteiger partial charge in [-0.1, -0.05) is 6.92 Å². The molecular weight excluding hydrogens is 279 g/mol. The van der Waals surface area contributed by atoms with Crippen molar-refractivity contribution in [3.05, 3.63) is 30.1 Å². The van der Waals surface area contributed by atoms with Crippen LogP contribution in [0.15, 0.2) is 24.3 Å². The summed E-state index contributed by atoms with van der Waals surface area (Å²) in [5, 5.41) is 0. The third-order valence-electron chi connectivity index (χ3n) is 3.15. The molecule has 0 saturated carbocycles. The zero-order valence-corrected chi connectivity index (χ0v) is 12.7. The van der Waals surface area contributed by atoms with Crippen molar-refractivity contribution in [3.8, 4) is 0 Å². The van der Waals surface area contributed by atoms with Crippen LogP contribution in [0.1, 0.15) is 19.8 Å². The average Bonchev–Trinajstić information content (AvgIpc) is 2.43. The number of hydrogen-bond donors (Lipinski definition) is 1. The quantitative estimate of drug-likeness (QED) is 0.755. The fraction of sp³-hybridized carbons (Fsp3) is 0.571. The number of anilines is 1. The number of nitrogens with zero attached hydrogens (tertiary/aromatic N) is 1. The van der Waals surface area contributed by atoms with Crippen LogP contribution in [0, 0.1) is 5.82 Å². The van der Waals surface area contributed by atoms with Gasteiger partial charge in [0.15, 0.2) is 0 Å². The SMILES string of the molecule is CCS(=O)(=O)CCCN(CCCN)c1ccc(F)cc1. The fourth-order valence-corrected chi connectivity index (χ4v) is 2.78. The lowest BCUT2D eigenvalue weighted by atomic mass is 10.2. The number of rotatable bonds is 9. The minimum absolute atomic E-state index is 0.173. The molecule has 0 atom stereocenters. The van der Waals surface area contributed by atoms with E-state index in [1.165, 1.54) is 12.1 Å². The molecule has 0 amide bonds. The Morgan fingerprint density at radius 3 is 2.30 bits per heavy atom. The summed E-state index contributed by atoms with van der Waals surface area (Å²) >= 11 is 0. The summed E-state index contributed by atoms with van der Waals surface area (Å²) in [6, 6.07) is 6.24. The molecule has 1 rings (SSSR count). The van der Waals surface area contributed by atoms with Crippen molar-refractivity contribution in [2.75, 3.05) is 36.0 Å². The Kier molecular flexibility index (Phi) is 6.95. The van der Waals surface area contributed by atoms with Crippen molar-refractivity contribution < 1.29 is 12.8 Å². The largest absolute Gasteiger partial charge is 0.371 e. The predicted octanol–water partition coefficient (Wildman–Crippen LogP) is 1.81. The smallest absolute Gasteiger partial charge is 0.150 e. The zero-order valence-electron chi connectivity index (χ0n) is 11.9. The van der Waals surface area contributed by atoms with Crippen LogP contribution < -0.4 is 10.6 Å². The summed E-state index contributed by atoms with van der Waals surface area (Å²) in [4.78, 5) is 2.05. The van der Waals surface area contributed by atoms with Crippen LogP contribution >= 0.6 is 0 Å². The number of halogens is 1. The number of sulfone groups is 1. The van der Waals surface area contributed by atoms with Gasteiger partial charge in [-0.3, -0.25) is 0 Å². The summed E-state index contributed by atoms with van der Waals surface area (Å²) in [6.45, 7) is 3.60. The summed E-state index contributed by atoms with van der Waals surface area (Å²) < 4.78 is 35.9. The molecule has 1 aromatic carbocycles. The van der Waals surface area contributed by atoms with Crippen LogP contribution in [-0.4, -0.2) is 39.6 Å². The summed E-state index contributed by atoms with van der Waals surface area (Å²) in [5.74, 6) is 0.0805. The van der Waals surface area contributed by atoms with Gasteiger partial charge < -0.3 is 10.6 Å². The molecule has 0 bridgehead atoms. The van der Waals surface area contributed by atoms with Gasteiger partial charge in [0.1, 0.15) is 15.7 Å². The highest BCUT2D eigenvalue weighted by Crippen LogP contribution is 2.15. The lowest BCUT2D eigenvalue weighted by Gasteiger charge is -2.24. The molecule has 0 aliphatic carbocycles. The van der Waals surface area contributed by atoms with E-state index in [2.05, 4.69) is 4.90 Å². The van der Waals surface area contributed by atoms with Crippen LogP contribution in [-0.2, 0) is 9.84 Å². The van der Waals surface area contributed by atoms with Crippen LogP contribution in [0.5, 0.6) is 0 Å². The second kappa shape index (κ2) is 8.21. The van der Waals surface area contributed by atoms with Crippen LogP contribution in [0.4, 0.5) is 10.1 Å². The van der Waals surface area contributed by atoms with Gasteiger partial charge >= 0.3 is 0 Å². The Morgan fingerprint density at radius 1 is 1.15 bits per heavy atom. The van der Waals surface area contributed by atoms with E-state index >= 15 is 0 Å². The van der Waals surface area contributed by atoms with Gasteiger partial charge in [0.05, 0.1) is 5.75 Å². The van der Waals surface area contributed by atoms with Crippen molar-refractivity contribution >= 4 is 15.5 Å². The Morgan fingerprint density at radius 2 is 1.75 bits per heavy atom. The lowest BCUT2D eigenvalue weighted by molar-refractivity contribution is 0.593. The van der Waals surface area contributed by atoms with Crippen molar-refractivity contribution in [1.29, 1.82) is 0 Å². The van der Waals surface area contributed by atoms with E-state index in [-0.39, 0.29) is 17.3 Å². The normalized spacial score (nSPS) is 11.6. The molecule has 1 aromatic rings. The van der Waals surface area contributed by atoms with Crippen molar-refractivity contribution in [3.63, 3.8) is 0 Å². The molecule has 6 heteroatoms. The van der Waals surface area contributed by atoms with Crippen molar-refractivity contribution in [1.82, 2.24) is 0 Å². The molecule has 0 aromatic heterocycles. The topological polar surface area (TPSA) is 63.4 Å². The molecule has 20 heavy (non-hydrogen) atoms. The second-order valence-corrected chi connectivity index (χ2v) is 7.17. The Bertz CT molecular complexity index is 488. The van der Waals surface area contributed by atoms with E-state index in [9.17, 15) is 12.8 Å². The van der Waals surface area contributed by atoms with Gasteiger partial charge in [-0.25, -0.2) is 12.8 Å². The fourth-order valence-electron chi connectivity index (χ4n) is 1.92. The van der Waals surface area contributed by atoms with Crippen LogP contribution in [0.3, 0.4) is 0 Å². The molecule has 0 heterocycles. The summed E-state index contributed by atoms with van der Waals surface area (Å²) in [6.07, 6.45) is 1.38. The van der Waals surface area contributed by atoms with Crippen molar-refractivity contribution in [2.45, 2.75) is 19.8 Å². The van der Waals surface area contributed by atoms with E-state index in [0.29, 0.717) is 19.5 Å². The molecule has 114 valence electrons. The van der Waals surface area contributed by atoms with Crippen LogP contribution in [0.25, 0.3) is 0 Å². The van der Waals surface area contributed by atoms with E-state index in [1.807, 2.05) is 0 Å². The monoisotopic (exact) mass is 302 g/mol. The third kappa shape index (κ3) is 5.88. The third-order valence-corrected chi connectivity index (χ3v) is 4.94. The number of nitrogens with two attached hydrogens (primary N) is 1. The molecule has 0 saturated heterocycles. The summed E-state index contributed by atoms with van der Waals surface area (Å²) in [7, 11) is -2.94. The predicted molar refractivity (Wildman–Crippen MR) is 81.2 cm³/mol. The minimum atomic E-state index is -2.94. The first kappa shape index (κ1) is 16.9. The molecule has 0 radical (unpaired) electrons.